The highest BCUT2D eigenvalue weighted by molar-refractivity contribution is 14.1. The number of rotatable bonds is 0. The Morgan fingerprint density at radius 3 is 2.30 bits per heavy atom. The summed E-state index contributed by atoms with van der Waals surface area (Å²) in [4.78, 5) is 0. The van der Waals surface area contributed by atoms with Crippen molar-refractivity contribution in [3.63, 3.8) is 0 Å². The van der Waals surface area contributed by atoms with E-state index in [2.05, 4.69) is 0 Å². The van der Waals surface area contributed by atoms with Crippen LogP contribution in [0.25, 0.3) is 0 Å². The zero-order valence-electron chi connectivity index (χ0n) is 4.67. The Bertz CT molecular complexity index is 212. The Morgan fingerprint density at radius 2 is 1.80 bits per heavy atom. The van der Waals surface area contributed by atoms with Crippen molar-refractivity contribution < 1.29 is 8.78 Å². The van der Waals surface area contributed by atoms with Crippen LogP contribution in [0.15, 0.2) is 12.1 Å². The molecule has 0 nitrogen and oxygen atoms in total. The number of halogens is 4. The van der Waals surface area contributed by atoms with Gasteiger partial charge in [0.25, 0.3) is 0 Å². The molecule has 1 rings (SSSR count). The van der Waals surface area contributed by atoms with E-state index in [1.165, 1.54) is 6.07 Å². The zero-order valence-corrected chi connectivity index (χ0v) is 7.58. The van der Waals surface area contributed by atoms with Crippen molar-refractivity contribution in [3.05, 3.63) is 32.4 Å². The van der Waals surface area contributed by atoms with Crippen LogP contribution >= 0.6 is 34.2 Å². The third kappa shape index (κ3) is 1.58. The van der Waals surface area contributed by atoms with Crippen molar-refractivity contribution in [3.8, 4) is 0 Å². The van der Waals surface area contributed by atoms with Crippen LogP contribution < -0.4 is 0 Å². The van der Waals surface area contributed by atoms with Gasteiger partial charge < -0.3 is 0 Å². The maximum atomic E-state index is 12.5. The summed E-state index contributed by atoms with van der Waals surface area (Å²) < 4.78 is 25.2. The van der Waals surface area contributed by atoms with Crippen LogP contribution in [0.5, 0.6) is 0 Å². The minimum Gasteiger partial charge on any atom is -0.206 e. The fourth-order valence-corrected chi connectivity index (χ4v) is 1.31. The van der Waals surface area contributed by atoms with E-state index in [1.807, 2.05) is 0 Å². The van der Waals surface area contributed by atoms with Crippen LogP contribution in [0.3, 0.4) is 0 Å². The molecule has 1 aromatic carbocycles. The van der Waals surface area contributed by atoms with Gasteiger partial charge >= 0.3 is 0 Å². The Kier molecular flexibility index (Phi) is 2.46. The van der Waals surface area contributed by atoms with Gasteiger partial charge in [-0.15, -0.1) is 0 Å². The Hall–Kier alpha value is 0.1000. The van der Waals surface area contributed by atoms with Gasteiger partial charge in [-0.25, -0.2) is 8.78 Å². The third-order valence-corrected chi connectivity index (χ3v) is 2.08. The molecular formula is C6H2ClF2I. The molecule has 0 spiro atoms. The van der Waals surface area contributed by atoms with E-state index in [9.17, 15) is 8.78 Å². The minimum absolute atomic E-state index is 0.0502. The molecule has 0 aliphatic carbocycles. The van der Waals surface area contributed by atoms with E-state index < -0.39 is 11.6 Å². The van der Waals surface area contributed by atoms with E-state index in [1.54, 1.807) is 22.6 Å². The fraction of sp³-hybridized carbons (Fsp3) is 0. The molecule has 0 saturated heterocycles. The first-order chi connectivity index (χ1) is 4.61. The summed E-state index contributed by atoms with van der Waals surface area (Å²) in [6, 6.07) is 2.01. The van der Waals surface area contributed by atoms with Crippen LogP contribution in [0, 0.1) is 15.2 Å². The molecule has 0 fully saturated rings. The number of hydrogen-bond donors (Lipinski definition) is 0. The van der Waals surface area contributed by atoms with E-state index in [0.717, 1.165) is 6.07 Å². The summed E-state index contributed by atoms with van der Waals surface area (Å²) in [6.45, 7) is 0. The molecule has 54 valence electrons. The molecule has 0 heterocycles. The Morgan fingerprint density at radius 1 is 1.20 bits per heavy atom. The highest BCUT2D eigenvalue weighted by Gasteiger charge is 2.04. The smallest absolute Gasteiger partial charge is 0.144 e. The first-order valence-corrected chi connectivity index (χ1v) is 3.87. The van der Waals surface area contributed by atoms with Crippen molar-refractivity contribution in [2.45, 2.75) is 0 Å². The van der Waals surface area contributed by atoms with Crippen LogP contribution in [-0.4, -0.2) is 0 Å². The van der Waals surface area contributed by atoms with Gasteiger partial charge in [0.2, 0.25) is 0 Å². The molecule has 0 aliphatic heterocycles. The topological polar surface area (TPSA) is 0 Å². The Labute approximate surface area is 75.3 Å². The van der Waals surface area contributed by atoms with E-state index in [-0.39, 0.29) is 5.02 Å². The lowest BCUT2D eigenvalue weighted by molar-refractivity contribution is 0.579. The summed E-state index contributed by atoms with van der Waals surface area (Å²) in [5, 5.41) is -0.0502. The SMILES string of the molecule is Fc1cc(F)c(I)cc1Cl. The summed E-state index contributed by atoms with van der Waals surface area (Å²) in [6.07, 6.45) is 0. The molecule has 0 amide bonds. The van der Waals surface area contributed by atoms with Crippen molar-refractivity contribution in [1.29, 1.82) is 0 Å². The lowest BCUT2D eigenvalue weighted by Crippen LogP contribution is -1.84. The van der Waals surface area contributed by atoms with Crippen molar-refractivity contribution in [2.75, 3.05) is 0 Å². The molecular weight excluding hydrogens is 272 g/mol. The first kappa shape index (κ1) is 8.20. The summed E-state index contributed by atoms with van der Waals surface area (Å²) in [5.74, 6) is -1.30. The molecule has 0 atom stereocenters. The maximum Gasteiger partial charge on any atom is 0.144 e. The second kappa shape index (κ2) is 3.00. The van der Waals surface area contributed by atoms with Crippen molar-refractivity contribution in [2.24, 2.45) is 0 Å². The van der Waals surface area contributed by atoms with Crippen LogP contribution in [0.1, 0.15) is 0 Å². The average Bonchev–Trinajstić information content (AvgIpc) is 1.84. The molecule has 0 aliphatic rings. The molecule has 0 saturated carbocycles. The van der Waals surface area contributed by atoms with Gasteiger partial charge in [-0.3, -0.25) is 0 Å². The summed E-state index contributed by atoms with van der Waals surface area (Å²) in [5.41, 5.74) is 0. The largest absolute Gasteiger partial charge is 0.206 e. The summed E-state index contributed by atoms with van der Waals surface area (Å²) in [7, 11) is 0. The lowest BCUT2D eigenvalue weighted by atomic mass is 10.3. The standard InChI is InChI=1S/C6H2ClF2I/c7-3-1-6(10)5(9)2-4(3)8/h1-2H. The van der Waals surface area contributed by atoms with Gasteiger partial charge in [0.15, 0.2) is 0 Å². The van der Waals surface area contributed by atoms with Gasteiger partial charge in [0, 0.05) is 6.07 Å². The minimum atomic E-state index is -0.723. The van der Waals surface area contributed by atoms with E-state index in [0.29, 0.717) is 3.57 Å². The predicted octanol–water partition coefficient (Wildman–Crippen LogP) is 3.22. The van der Waals surface area contributed by atoms with Gasteiger partial charge in [0.1, 0.15) is 11.6 Å². The third-order valence-electron chi connectivity index (χ3n) is 0.963. The number of hydrogen-bond acceptors (Lipinski definition) is 0. The monoisotopic (exact) mass is 274 g/mol. The quantitative estimate of drug-likeness (QED) is 0.503. The van der Waals surface area contributed by atoms with Gasteiger partial charge in [0.05, 0.1) is 8.59 Å². The predicted molar refractivity (Wildman–Crippen MR) is 44.1 cm³/mol. The molecule has 0 aromatic heterocycles. The van der Waals surface area contributed by atoms with Crippen molar-refractivity contribution in [1.82, 2.24) is 0 Å². The second-order valence-corrected chi connectivity index (χ2v) is 3.25. The molecule has 1 aromatic rings. The average molecular weight is 274 g/mol. The molecule has 0 bridgehead atoms. The summed E-state index contributed by atoms with van der Waals surface area (Å²) >= 11 is 7.08. The van der Waals surface area contributed by atoms with Gasteiger partial charge in [-0.2, -0.15) is 0 Å². The van der Waals surface area contributed by atoms with Gasteiger partial charge in [-0.05, 0) is 28.7 Å². The van der Waals surface area contributed by atoms with Crippen LogP contribution in [0.4, 0.5) is 8.78 Å². The molecule has 4 heteroatoms. The molecule has 0 N–H and O–H groups in total. The molecule has 10 heavy (non-hydrogen) atoms. The van der Waals surface area contributed by atoms with Crippen LogP contribution in [-0.2, 0) is 0 Å². The highest BCUT2D eigenvalue weighted by atomic mass is 127. The zero-order chi connectivity index (χ0) is 7.72. The lowest BCUT2D eigenvalue weighted by Gasteiger charge is -1.95. The fourth-order valence-electron chi connectivity index (χ4n) is 0.498. The molecule has 0 unspecified atom stereocenters. The van der Waals surface area contributed by atoms with Gasteiger partial charge in [-0.1, -0.05) is 11.6 Å². The maximum absolute atomic E-state index is 12.5. The second-order valence-electron chi connectivity index (χ2n) is 1.68. The molecule has 0 radical (unpaired) electrons. The van der Waals surface area contributed by atoms with E-state index in [4.69, 9.17) is 11.6 Å². The van der Waals surface area contributed by atoms with Crippen LogP contribution in [0.2, 0.25) is 5.02 Å². The van der Waals surface area contributed by atoms with E-state index >= 15 is 0 Å². The Balaban J connectivity index is 3.28. The first-order valence-electron chi connectivity index (χ1n) is 2.41. The number of benzene rings is 1. The highest BCUT2D eigenvalue weighted by Crippen LogP contribution is 2.20. The normalized spacial score (nSPS) is 10.0. The van der Waals surface area contributed by atoms with Crippen molar-refractivity contribution >= 4 is 34.2 Å².